The van der Waals surface area contributed by atoms with Crippen molar-refractivity contribution in [2.75, 3.05) is 41.2 Å². The lowest BCUT2D eigenvalue weighted by Crippen LogP contribution is -2.61. The van der Waals surface area contributed by atoms with Gasteiger partial charge in [0.1, 0.15) is 36.1 Å². The van der Waals surface area contributed by atoms with Crippen LogP contribution >= 0.6 is 0 Å². The average molecular weight is 567 g/mol. The zero-order valence-corrected chi connectivity index (χ0v) is 22.2. The molecule has 0 saturated carbocycles. The SMILES string of the molecule is COc1cc([C@H]2OC[C@]3(O[C@@H]4O[C@H](CO)[C@@H](O)[C@H](O)[C@H]4O)[C@@H](c4cc(OC)c(O)c(OC)c4)OC[C@H]23)ccc1O. The number of aliphatic hydroxyl groups excluding tert-OH is 4. The molecule has 3 aliphatic rings. The third-order valence-electron chi connectivity index (χ3n) is 7.89. The molecule has 3 fully saturated rings. The topological polar surface area (TPSA) is 186 Å². The summed E-state index contributed by atoms with van der Waals surface area (Å²) in [5.41, 5.74) is -0.161. The minimum absolute atomic E-state index is 0.0445. The maximum atomic E-state index is 10.8. The first kappa shape index (κ1) is 28.6. The summed E-state index contributed by atoms with van der Waals surface area (Å²) in [7, 11) is 4.22. The summed E-state index contributed by atoms with van der Waals surface area (Å²) in [5.74, 6) is -0.256. The van der Waals surface area contributed by atoms with E-state index in [1.165, 1.54) is 27.4 Å². The van der Waals surface area contributed by atoms with E-state index in [1.807, 2.05) is 0 Å². The standard InChI is InChI=1S/C27H34O13/c1-34-16-6-12(4-5-15(16)29)24-14-10-37-25(13-7-17(35-2)20(30)18(8-13)36-3)27(14,11-38-24)40-26-23(33)22(32)21(31)19(9-28)39-26/h4-8,14,19,21-26,28-33H,9-11H2,1-3H3/t14-,19-,21-,22+,23-,24-,25-,26+,27-/m1/s1. The Morgan fingerprint density at radius 2 is 1.50 bits per heavy atom. The van der Waals surface area contributed by atoms with E-state index in [2.05, 4.69) is 0 Å². The maximum absolute atomic E-state index is 10.8. The molecule has 3 saturated heterocycles. The predicted molar refractivity (Wildman–Crippen MR) is 134 cm³/mol. The molecule has 0 radical (unpaired) electrons. The number of fused-ring (bicyclic) bond motifs is 1. The van der Waals surface area contributed by atoms with Crippen LogP contribution < -0.4 is 14.2 Å². The lowest BCUT2D eigenvalue weighted by Gasteiger charge is -2.44. The molecular weight excluding hydrogens is 532 g/mol. The third-order valence-corrected chi connectivity index (χ3v) is 7.89. The molecule has 0 aromatic heterocycles. The molecule has 220 valence electrons. The van der Waals surface area contributed by atoms with Crippen LogP contribution in [0.4, 0.5) is 0 Å². The number of phenols is 2. The predicted octanol–water partition coefficient (Wildman–Crippen LogP) is 0.138. The first-order valence-corrected chi connectivity index (χ1v) is 12.7. The number of hydrogen-bond acceptors (Lipinski definition) is 13. The first-order valence-electron chi connectivity index (χ1n) is 12.7. The summed E-state index contributed by atoms with van der Waals surface area (Å²) >= 11 is 0. The zero-order chi connectivity index (χ0) is 28.8. The van der Waals surface area contributed by atoms with Gasteiger partial charge in [-0.2, -0.15) is 0 Å². The molecule has 9 atom stereocenters. The Labute approximate surface area is 230 Å². The van der Waals surface area contributed by atoms with E-state index >= 15 is 0 Å². The van der Waals surface area contributed by atoms with Gasteiger partial charge in [-0.15, -0.1) is 0 Å². The van der Waals surface area contributed by atoms with Gasteiger partial charge in [-0.1, -0.05) is 6.07 Å². The first-order chi connectivity index (χ1) is 19.2. The van der Waals surface area contributed by atoms with E-state index in [9.17, 15) is 30.6 Å². The Bertz CT molecular complexity index is 1180. The van der Waals surface area contributed by atoms with Crippen molar-refractivity contribution in [1.29, 1.82) is 0 Å². The Morgan fingerprint density at radius 1 is 0.850 bits per heavy atom. The Balaban J connectivity index is 1.57. The number of ether oxygens (including phenoxy) is 7. The molecule has 2 aromatic rings. The quantitative estimate of drug-likeness (QED) is 0.254. The van der Waals surface area contributed by atoms with Crippen LogP contribution in [0, 0.1) is 5.92 Å². The van der Waals surface area contributed by atoms with Gasteiger partial charge in [0.25, 0.3) is 0 Å². The molecular formula is C27H34O13. The highest BCUT2D eigenvalue weighted by Crippen LogP contribution is 2.57. The van der Waals surface area contributed by atoms with Gasteiger partial charge in [0.05, 0.1) is 47.3 Å². The number of methoxy groups -OCH3 is 3. The van der Waals surface area contributed by atoms with Crippen LogP contribution in [0.5, 0.6) is 28.7 Å². The third kappa shape index (κ3) is 4.62. The molecule has 6 N–H and O–H groups in total. The van der Waals surface area contributed by atoms with Gasteiger partial charge >= 0.3 is 0 Å². The smallest absolute Gasteiger partial charge is 0.200 e. The van der Waals surface area contributed by atoms with Crippen molar-refractivity contribution >= 4 is 0 Å². The van der Waals surface area contributed by atoms with Crippen LogP contribution in [0.2, 0.25) is 0 Å². The Kier molecular flexibility index (Phi) is 8.01. The number of hydrogen-bond donors (Lipinski definition) is 6. The van der Waals surface area contributed by atoms with Gasteiger partial charge < -0.3 is 63.8 Å². The number of benzene rings is 2. The molecule has 0 aliphatic carbocycles. The van der Waals surface area contributed by atoms with Gasteiger partial charge in [0.2, 0.25) is 5.75 Å². The Hall–Kier alpha value is -2.88. The van der Waals surface area contributed by atoms with Gasteiger partial charge in [0, 0.05) is 5.92 Å². The van der Waals surface area contributed by atoms with Crippen molar-refractivity contribution in [3.05, 3.63) is 41.5 Å². The summed E-state index contributed by atoms with van der Waals surface area (Å²) in [5, 5.41) is 61.7. The minimum atomic E-state index is -1.66. The van der Waals surface area contributed by atoms with E-state index in [1.54, 1.807) is 24.3 Å². The van der Waals surface area contributed by atoms with Crippen LogP contribution in [-0.4, -0.2) is 108 Å². The van der Waals surface area contributed by atoms with E-state index in [0.717, 1.165) is 0 Å². The molecule has 0 bridgehead atoms. The lowest BCUT2D eigenvalue weighted by molar-refractivity contribution is -0.334. The van der Waals surface area contributed by atoms with Crippen molar-refractivity contribution in [3.63, 3.8) is 0 Å². The molecule has 3 heterocycles. The van der Waals surface area contributed by atoms with Crippen LogP contribution in [0.1, 0.15) is 23.3 Å². The largest absolute Gasteiger partial charge is 0.504 e. The van der Waals surface area contributed by atoms with Crippen LogP contribution in [-0.2, 0) is 18.9 Å². The summed E-state index contributed by atoms with van der Waals surface area (Å²) in [6.07, 6.45) is -9.01. The van der Waals surface area contributed by atoms with Crippen molar-refractivity contribution in [2.24, 2.45) is 5.92 Å². The molecule has 5 rings (SSSR count). The fraction of sp³-hybridized carbons (Fsp3) is 0.556. The second kappa shape index (κ2) is 11.2. The summed E-state index contributed by atoms with van der Waals surface area (Å²) in [6, 6.07) is 7.95. The molecule has 13 nitrogen and oxygen atoms in total. The second-order valence-electron chi connectivity index (χ2n) is 10.0. The van der Waals surface area contributed by atoms with Gasteiger partial charge in [-0.05, 0) is 35.4 Å². The molecule has 40 heavy (non-hydrogen) atoms. The van der Waals surface area contributed by atoms with Gasteiger partial charge in [-0.25, -0.2) is 0 Å². The lowest BCUT2D eigenvalue weighted by atomic mass is 9.80. The summed E-state index contributed by atoms with van der Waals surface area (Å²) < 4.78 is 40.6. The molecule has 0 unspecified atom stereocenters. The highest BCUT2D eigenvalue weighted by molar-refractivity contribution is 5.54. The second-order valence-corrected chi connectivity index (χ2v) is 10.0. The normalized spacial score (nSPS) is 35.4. The highest BCUT2D eigenvalue weighted by Gasteiger charge is 2.63. The monoisotopic (exact) mass is 566 g/mol. The fourth-order valence-corrected chi connectivity index (χ4v) is 5.75. The zero-order valence-electron chi connectivity index (χ0n) is 22.2. The fourth-order valence-electron chi connectivity index (χ4n) is 5.75. The van der Waals surface area contributed by atoms with Crippen molar-refractivity contribution in [3.8, 4) is 28.7 Å². The van der Waals surface area contributed by atoms with Crippen LogP contribution in [0.25, 0.3) is 0 Å². The molecule has 0 spiro atoms. The average Bonchev–Trinajstić information content (AvgIpc) is 3.50. The van der Waals surface area contributed by atoms with Crippen molar-refractivity contribution in [1.82, 2.24) is 0 Å². The van der Waals surface area contributed by atoms with Crippen molar-refractivity contribution < 1.29 is 63.8 Å². The molecule has 13 heteroatoms. The summed E-state index contributed by atoms with van der Waals surface area (Å²) in [6.45, 7) is -0.557. The van der Waals surface area contributed by atoms with E-state index in [0.29, 0.717) is 11.1 Å². The van der Waals surface area contributed by atoms with E-state index in [4.69, 9.17) is 33.2 Å². The summed E-state index contributed by atoms with van der Waals surface area (Å²) in [4.78, 5) is 0. The van der Waals surface area contributed by atoms with Crippen molar-refractivity contribution in [2.45, 2.75) is 48.5 Å². The van der Waals surface area contributed by atoms with Crippen LogP contribution in [0.3, 0.4) is 0 Å². The number of rotatable bonds is 8. The molecule has 3 aliphatic heterocycles. The van der Waals surface area contributed by atoms with Gasteiger partial charge in [-0.3, -0.25) is 0 Å². The highest BCUT2D eigenvalue weighted by atomic mass is 16.7. The maximum Gasteiger partial charge on any atom is 0.200 e. The number of aromatic hydroxyl groups is 2. The molecule has 0 amide bonds. The number of phenolic OH excluding ortho intramolecular Hbond substituents is 2. The van der Waals surface area contributed by atoms with E-state index < -0.39 is 61.0 Å². The van der Waals surface area contributed by atoms with Crippen LogP contribution in [0.15, 0.2) is 30.3 Å². The Morgan fingerprint density at radius 3 is 2.12 bits per heavy atom. The van der Waals surface area contributed by atoms with E-state index in [-0.39, 0.29) is 42.0 Å². The number of aliphatic hydroxyl groups is 4. The minimum Gasteiger partial charge on any atom is -0.504 e. The molecule has 2 aromatic carbocycles. The van der Waals surface area contributed by atoms with Gasteiger partial charge in [0.15, 0.2) is 29.3 Å².